The van der Waals surface area contributed by atoms with Gasteiger partial charge in [-0.1, -0.05) is 48.0 Å². The van der Waals surface area contributed by atoms with Gasteiger partial charge in [0.2, 0.25) is 0 Å². The van der Waals surface area contributed by atoms with E-state index in [1.165, 1.54) is 17.0 Å². The van der Waals surface area contributed by atoms with Crippen LogP contribution in [0.4, 0.5) is 19.8 Å². The number of aromatic nitrogens is 1. The molecule has 0 aliphatic carbocycles. The van der Waals surface area contributed by atoms with Gasteiger partial charge >= 0.3 is 12.1 Å². The topological polar surface area (TPSA) is 116 Å². The highest BCUT2D eigenvalue weighted by Gasteiger charge is 2.23. The standard InChI is InChI=1S/C26H31ClFN5O4/c1-26(2,36)16-29-14-20(33(3)24(34)31-13-19-9-6-10-21(28)23(19)27)15-37-25(35)32-22-11-17-7-4-5-8-18(17)12-30-22/h4-12,20,29,36H,13-16H2,1-3H3,(H,31,34)(H,30,32,35)/t20-/m0/s1. The number of fused-ring (bicyclic) bond motifs is 1. The average molecular weight is 532 g/mol. The summed E-state index contributed by atoms with van der Waals surface area (Å²) in [7, 11) is 1.55. The van der Waals surface area contributed by atoms with Crippen LogP contribution in [0.1, 0.15) is 19.4 Å². The summed E-state index contributed by atoms with van der Waals surface area (Å²) in [4.78, 5) is 30.8. The molecular weight excluding hydrogens is 501 g/mol. The lowest BCUT2D eigenvalue weighted by Gasteiger charge is -2.29. The summed E-state index contributed by atoms with van der Waals surface area (Å²) in [6.07, 6.45) is 0.924. The number of carbonyl (C=O) groups is 2. The van der Waals surface area contributed by atoms with E-state index in [0.29, 0.717) is 11.4 Å². The Balaban J connectivity index is 1.60. The number of amides is 3. The van der Waals surface area contributed by atoms with Gasteiger partial charge in [0.1, 0.15) is 18.2 Å². The van der Waals surface area contributed by atoms with Crippen LogP contribution in [0.25, 0.3) is 10.8 Å². The van der Waals surface area contributed by atoms with Gasteiger partial charge in [0.25, 0.3) is 0 Å². The number of pyridine rings is 1. The van der Waals surface area contributed by atoms with Gasteiger partial charge in [-0.15, -0.1) is 0 Å². The van der Waals surface area contributed by atoms with Gasteiger partial charge in [-0.25, -0.2) is 19.0 Å². The Labute approximate surface area is 220 Å². The Morgan fingerprint density at radius 1 is 1.19 bits per heavy atom. The van der Waals surface area contributed by atoms with Crippen LogP contribution in [-0.4, -0.2) is 65.5 Å². The van der Waals surface area contributed by atoms with Gasteiger partial charge in [0.05, 0.1) is 16.7 Å². The largest absolute Gasteiger partial charge is 0.447 e. The Kier molecular flexibility index (Phi) is 9.62. The molecule has 0 radical (unpaired) electrons. The molecule has 4 N–H and O–H groups in total. The summed E-state index contributed by atoms with van der Waals surface area (Å²) in [5.41, 5.74) is -0.543. The fraction of sp³-hybridized carbons (Fsp3) is 0.346. The van der Waals surface area contributed by atoms with E-state index < -0.39 is 29.6 Å². The Morgan fingerprint density at radius 3 is 2.65 bits per heavy atom. The van der Waals surface area contributed by atoms with E-state index in [-0.39, 0.29) is 31.3 Å². The smallest absolute Gasteiger partial charge is 0.412 e. The molecule has 0 bridgehead atoms. The quantitative estimate of drug-likeness (QED) is 0.312. The van der Waals surface area contributed by atoms with Crippen molar-refractivity contribution >= 4 is 40.3 Å². The van der Waals surface area contributed by atoms with E-state index in [1.54, 1.807) is 39.2 Å². The minimum absolute atomic E-state index is 0.0125. The lowest BCUT2D eigenvalue weighted by Crippen LogP contribution is -2.51. The molecule has 0 saturated heterocycles. The summed E-state index contributed by atoms with van der Waals surface area (Å²) in [6, 6.07) is 12.6. The maximum Gasteiger partial charge on any atom is 0.412 e. The molecule has 2 aromatic carbocycles. The predicted molar refractivity (Wildman–Crippen MR) is 141 cm³/mol. The van der Waals surface area contributed by atoms with Crippen LogP contribution in [0.3, 0.4) is 0 Å². The Hall–Kier alpha value is -3.47. The number of ether oxygens (including phenoxy) is 1. The van der Waals surface area contributed by atoms with E-state index in [0.717, 1.165) is 10.8 Å². The van der Waals surface area contributed by atoms with Crippen molar-refractivity contribution in [3.05, 3.63) is 71.1 Å². The molecule has 9 nitrogen and oxygen atoms in total. The van der Waals surface area contributed by atoms with Crippen molar-refractivity contribution in [2.45, 2.75) is 32.0 Å². The number of aliphatic hydroxyl groups is 1. The molecule has 11 heteroatoms. The van der Waals surface area contributed by atoms with E-state index in [9.17, 15) is 19.1 Å². The van der Waals surface area contributed by atoms with E-state index >= 15 is 0 Å². The number of anilines is 1. The highest BCUT2D eigenvalue weighted by molar-refractivity contribution is 6.31. The number of nitrogens with one attached hydrogen (secondary N) is 3. The van der Waals surface area contributed by atoms with Crippen molar-refractivity contribution in [1.29, 1.82) is 0 Å². The molecular formula is C26H31ClFN5O4. The zero-order valence-corrected chi connectivity index (χ0v) is 21.7. The molecule has 37 heavy (non-hydrogen) atoms. The van der Waals surface area contributed by atoms with Gasteiger partial charge in [-0.2, -0.15) is 0 Å². The van der Waals surface area contributed by atoms with Crippen LogP contribution < -0.4 is 16.0 Å². The molecule has 0 fully saturated rings. The third-order valence-corrected chi connectivity index (χ3v) is 5.96. The van der Waals surface area contributed by atoms with Crippen molar-refractivity contribution in [3.63, 3.8) is 0 Å². The lowest BCUT2D eigenvalue weighted by molar-refractivity contribution is 0.0738. The Morgan fingerprint density at radius 2 is 1.92 bits per heavy atom. The first-order chi connectivity index (χ1) is 17.5. The molecule has 0 spiro atoms. The molecule has 1 aromatic heterocycles. The number of urea groups is 1. The first kappa shape index (κ1) is 28.1. The third kappa shape index (κ3) is 8.56. The molecule has 198 valence electrons. The lowest BCUT2D eigenvalue weighted by atomic mass is 10.1. The summed E-state index contributed by atoms with van der Waals surface area (Å²) in [5, 5.41) is 20.1. The van der Waals surface area contributed by atoms with Crippen LogP contribution in [0.2, 0.25) is 5.02 Å². The maximum atomic E-state index is 13.7. The maximum absolute atomic E-state index is 13.7. The number of carbonyl (C=O) groups excluding carboxylic acids is 2. The molecule has 0 aliphatic heterocycles. The van der Waals surface area contributed by atoms with Crippen LogP contribution >= 0.6 is 11.6 Å². The minimum Gasteiger partial charge on any atom is -0.447 e. The summed E-state index contributed by atoms with van der Waals surface area (Å²) < 4.78 is 19.1. The van der Waals surface area contributed by atoms with Crippen molar-refractivity contribution in [2.75, 3.05) is 32.1 Å². The SMILES string of the molecule is CN(C(=O)NCc1cccc(F)c1Cl)[C@@H](CNCC(C)(C)O)COC(=O)Nc1cc2ccccc2cn1. The van der Waals surface area contributed by atoms with Crippen LogP contribution in [0, 0.1) is 5.82 Å². The van der Waals surface area contributed by atoms with Crippen molar-refractivity contribution in [1.82, 2.24) is 20.5 Å². The summed E-state index contributed by atoms with van der Waals surface area (Å²) in [5.74, 6) is -0.241. The molecule has 3 rings (SSSR count). The molecule has 1 heterocycles. The zero-order valence-electron chi connectivity index (χ0n) is 20.9. The molecule has 1 atom stereocenters. The van der Waals surface area contributed by atoms with Gasteiger partial charge < -0.3 is 25.4 Å². The second-order valence-electron chi connectivity index (χ2n) is 9.22. The third-order valence-electron chi connectivity index (χ3n) is 5.54. The summed E-state index contributed by atoms with van der Waals surface area (Å²) >= 11 is 5.97. The number of nitrogens with zero attached hydrogens (tertiary/aromatic N) is 2. The van der Waals surface area contributed by atoms with Crippen molar-refractivity contribution in [2.24, 2.45) is 0 Å². The molecule has 3 aromatic rings. The first-order valence-electron chi connectivity index (χ1n) is 11.7. The van der Waals surface area contributed by atoms with Crippen LogP contribution in [0.15, 0.2) is 54.7 Å². The number of hydrogen-bond donors (Lipinski definition) is 4. The van der Waals surface area contributed by atoms with E-state index in [1.807, 2.05) is 24.3 Å². The normalized spacial score (nSPS) is 12.2. The first-order valence-corrected chi connectivity index (χ1v) is 12.1. The number of halogens is 2. The molecule has 0 unspecified atom stereocenters. The van der Waals surface area contributed by atoms with Crippen LogP contribution in [0.5, 0.6) is 0 Å². The number of rotatable bonds is 10. The van der Waals surface area contributed by atoms with Crippen molar-refractivity contribution < 1.29 is 23.8 Å². The fourth-order valence-electron chi connectivity index (χ4n) is 3.46. The second-order valence-corrected chi connectivity index (χ2v) is 9.60. The highest BCUT2D eigenvalue weighted by atomic mass is 35.5. The predicted octanol–water partition coefficient (Wildman–Crippen LogP) is 4.15. The zero-order chi connectivity index (χ0) is 27.0. The number of likely N-dealkylation sites (N-methyl/N-ethyl adjacent to an activating group) is 1. The van der Waals surface area contributed by atoms with Gasteiger partial charge in [0.15, 0.2) is 0 Å². The molecule has 3 amide bonds. The highest BCUT2D eigenvalue weighted by Crippen LogP contribution is 2.19. The molecule has 0 saturated carbocycles. The minimum atomic E-state index is -0.973. The van der Waals surface area contributed by atoms with E-state index in [4.69, 9.17) is 16.3 Å². The number of benzene rings is 2. The van der Waals surface area contributed by atoms with Gasteiger partial charge in [-0.3, -0.25) is 5.32 Å². The Bertz CT molecular complexity index is 1240. The van der Waals surface area contributed by atoms with Gasteiger partial charge in [-0.05, 0) is 36.9 Å². The van der Waals surface area contributed by atoms with Crippen molar-refractivity contribution in [3.8, 4) is 0 Å². The van der Waals surface area contributed by atoms with Crippen LogP contribution in [-0.2, 0) is 11.3 Å². The number of hydrogen-bond acceptors (Lipinski definition) is 6. The molecule has 0 aliphatic rings. The summed E-state index contributed by atoms with van der Waals surface area (Å²) in [6.45, 7) is 3.66. The van der Waals surface area contributed by atoms with Gasteiger partial charge in [0, 0.05) is 38.3 Å². The average Bonchev–Trinajstić information content (AvgIpc) is 2.85. The second kappa shape index (κ2) is 12.7. The fourth-order valence-corrected chi connectivity index (χ4v) is 3.66. The van der Waals surface area contributed by atoms with E-state index in [2.05, 4.69) is 20.9 Å². The monoisotopic (exact) mass is 531 g/mol.